The van der Waals surface area contributed by atoms with Crippen LogP contribution in [0.25, 0.3) is 0 Å². The smallest absolute Gasteiger partial charge is 0.313 e. The summed E-state index contributed by atoms with van der Waals surface area (Å²) in [5, 5.41) is 3.28. The van der Waals surface area contributed by atoms with E-state index in [4.69, 9.17) is 4.74 Å². The Labute approximate surface area is 116 Å². The van der Waals surface area contributed by atoms with E-state index in [-0.39, 0.29) is 11.4 Å². The molecule has 0 aliphatic heterocycles. The van der Waals surface area contributed by atoms with Crippen molar-refractivity contribution in [2.45, 2.75) is 40.0 Å². The predicted octanol–water partition coefficient (Wildman–Crippen LogP) is 3.60. The topological polar surface area (TPSA) is 38.3 Å². The van der Waals surface area contributed by atoms with Crippen LogP contribution in [-0.2, 0) is 14.9 Å². The van der Waals surface area contributed by atoms with Gasteiger partial charge < -0.3 is 10.1 Å². The molecular weight excluding hydrogens is 238 g/mol. The Morgan fingerprint density at radius 3 is 2.05 bits per heavy atom. The maximum absolute atomic E-state index is 11.6. The van der Waals surface area contributed by atoms with Gasteiger partial charge in [0.15, 0.2) is 0 Å². The first kappa shape index (κ1) is 15.5. The lowest BCUT2D eigenvalue weighted by Crippen LogP contribution is -2.33. The van der Waals surface area contributed by atoms with Crippen molar-refractivity contribution >= 4 is 11.7 Å². The van der Waals surface area contributed by atoms with Gasteiger partial charge in [-0.25, -0.2) is 0 Å². The molecule has 0 unspecified atom stereocenters. The summed E-state index contributed by atoms with van der Waals surface area (Å²) in [6.07, 6.45) is 0. The number of carbonyl (C=O) groups is 1. The van der Waals surface area contributed by atoms with Gasteiger partial charge in [-0.3, -0.25) is 4.79 Å². The van der Waals surface area contributed by atoms with E-state index in [1.54, 1.807) is 0 Å². The van der Waals surface area contributed by atoms with Crippen molar-refractivity contribution in [2.75, 3.05) is 19.0 Å². The van der Waals surface area contributed by atoms with Crippen LogP contribution in [0, 0.1) is 5.41 Å². The Hall–Kier alpha value is -1.51. The van der Waals surface area contributed by atoms with Crippen LogP contribution in [0.3, 0.4) is 0 Å². The molecule has 1 N–H and O–H groups in total. The minimum Gasteiger partial charge on any atom is -0.469 e. The molecule has 1 aromatic carbocycles. The molecule has 3 heteroatoms. The lowest BCUT2D eigenvalue weighted by molar-refractivity contribution is -0.149. The fourth-order valence-electron chi connectivity index (χ4n) is 1.76. The first-order chi connectivity index (χ1) is 8.66. The van der Waals surface area contributed by atoms with Crippen molar-refractivity contribution in [1.29, 1.82) is 0 Å². The zero-order chi connectivity index (χ0) is 14.7. The number of hydrogen-bond acceptors (Lipinski definition) is 3. The van der Waals surface area contributed by atoms with Gasteiger partial charge in [0.2, 0.25) is 0 Å². The van der Waals surface area contributed by atoms with Gasteiger partial charge in [0.1, 0.15) is 0 Å². The van der Waals surface area contributed by atoms with E-state index in [1.165, 1.54) is 12.7 Å². The summed E-state index contributed by atoms with van der Waals surface area (Å²) in [6.45, 7) is 10.9. The van der Waals surface area contributed by atoms with Gasteiger partial charge in [0.05, 0.1) is 12.5 Å². The number of hydrogen-bond donors (Lipinski definition) is 1. The Morgan fingerprint density at radius 1 is 1.11 bits per heavy atom. The Kier molecular flexibility index (Phi) is 4.61. The number of esters is 1. The second-order valence-electron chi connectivity index (χ2n) is 6.56. The summed E-state index contributed by atoms with van der Waals surface area (Å²) in [5.41, 5.74) is 1.94. The highest BCUT2D eigenvalue weighted by Crippen LogP contribution is 2.24. The Balaban J connectivity index is 2.67. The van der Waals surface area contributed by atoms with E-state index in [1.807, 2.05) is 26.0 Å². The fourth-order valence-corrected chi connectivity index (χ4v) is 1.76. The number of methoxy groups -OCH3 is 1. The van der Waals surface area contributed by atoms with Gasteiger partial charge in [-0.15, -0.1) is 0 Å². The Morgan fingerprint density at radius 2 is 1.63 bits per heavy atom. The van der Waals surface area contributed by atoms with E-state index < -0.39 is 5.41 Å². The second-order valence-corrected chi connectivity index (χ2v) is 6.56. The first-order valence-corrected chi connectivity index (χ1v) is 6.59. The highest BCUT2D eigenvalue weighted by molar-refractivity contribution is 5.76. The van der Waals surface area contributed by atoms with Crippen LogP contribution < -0.4 is 5.32 Å². The van der Waals surface area contributed by atoms with Crippen molar-refractivity contribution in [1.82, 2.24) is 0 Å². The standard InChI is InChI=1S/C16H25NO2/c1-15(2,3)12-7-9-13(10-8-12)17-11-16(4,5)14(18)19-6/h7-10,17H,11H2,1-6H3. The molecule has 0 spiro atoms. The fraction of sp³-hybridized carbons (Fsp3) is 0.562. The van der Waals surface area contributed by atoms with Gasteiger partial charge in [0.25, 0.3) is 0 Å². The molecule has 0 saturated heterocycles. The third-order valence-corrected chi connectivity index (χ3v) is 3.22. The van der Waals surface area contributed by atoms with Crippen LogP contribution in [0.2, 0.25) is 0 Å². The largest absolute Gasteiger partial charge is 0.469 e. The lowest BCUT2D eigenvalue weighted by atomic mass is 9.87. The number of nitrogens with one attached hydrogen (secondary N) is 1. The molecule has 0 fully saturated rings. The minimum atomic E-state index is -0.530. The van der Waals surface area contributed by atoms with E-state index in [2.05, 4.69) is 38.2 Å². The highest BCUT2D eigenvalue weighted by atomic mass is 16.5. The maximum atomic E-state index is 11.6. The van der Waals surface area contributed by atoms with Crippen LogP contribution in [0.15, 0.2) is 24.3 Å². The molecule has 0 bridgehead atoms. The molecule has 106 valence electrons. The van der Waals surface area contributed by atoms with Crippen molar-refractivity contribution < 1.29 is 9.53 Å². The third-order valence-electron chi connectivity index (χ3n) is 3.22. The summed E-state index contributed by atoms with van der Waals surface area (Å²) in [5.74, 6) is -0.202. The molecule has 0 aliphatic carbocycles. The van der Waals surface area contributed by atoms with Crippen LogP contribution in [0.1, 0.15) is 40.2 Å². The number of ether oxygens (including phenoxy) is 1. The molecule has 1 rings (SSSR count). The molecule has 0 heterocycles. The molecule has 0 aromatic heterocycles. The normalized spacial score (nSPS) is 12.1. The molecule has 1 aromatic rings. The molecule has 3 nitrogen and oxygen atoms in total. The van der Waals surface area contributed by atoms with Gasteiger partial charge >= 0.3 is 5.97 Å². The van der Waals surface area contributed by atoms with Crippen molar-refractivity contribution in [2.24, 2.45) is 5.41 Å². The van der Waals surface area contributed by atoms with E-state index in [0.717, 1.165) is 5.69 Å². The SMILES string of the molecule is COC(=O)C(C)(C)CNc1ccc(C(C)(C)C)cc1. The Bertz CT molecular complexity index is 427. The summed E-state index contributed by atoms with van der Waals surface area (Å²) >= 11 is 0. The minimum absolute atomic E-state index is 0.157. The monoisotopic (exact) mass is 263 g/mol. The summed E-state index contributed by atoms with van der Waals surface area (Å²) < 4.78 is 4.79. The number of carbonyl (C=O) groups excluding carboxylic acids is 1. The zero-order valence-corrected chi connectivity index (χ0v) is 12.8. The zero-order valence-electron chi connectivity index (χ0n) is 12.8. The summed E-state index contributed by atoms with van der Waals surface area (Å²) in [7, 11) is 1.42. The predicted molar refractivity (Wildman–Crippen MR) is 79.4 cm³/mol. The van der Waals surface area contributed by atoms with Crippen LogP contribution in [0.5, 0.6) is 0 Å². The van der Waals surface area contributed by atoms with E-state index >= 15 is 0 Å². The maximum Gasteiger partial charge on any atom is 0.313 e. The number of rotatable bonds is 4. The van der Waals surface area contributed by atoms with Gasteiger partial charge in [-0.1, -0.05) is 32.9 Å². The van der Waals surface area contributed by atoms with E-state index in [0.29, 0.717) is 6.54 Å². The van der Waals surface area contributed by atoms with Crippen LogP contribution in [0.4, 0.5) is 5.69 Å². The number of benzene rings is 1. The third kappa shape index (κ3) is 4.27. The van der Waals surface area contributed by atoms with Gasteiger partial charge in [-0.05, 0) is 37.0 Å². The first-order valence-electron chi connectivity index (χ1n) is 6.59. The van der Waals surface area contributed by atoms with Crippen molar-refractivity contribution in [3.8, 4) is 0 Å². The average molecular weight is 263 g/mol. The molecule has 0 aliphatic rings. The van der Waals surface area contributed by atoms with Crippen LogP contribution >= 0.6 is 0 Å². The quantitative estimate of drug-likeness (QED) is 0.844. The lowest BCUT2D eigenvalue weighted by Gasteiger charge is -2.23. The second kappa shape index (κ2) is 5.64. The van der Waals surface area contributed by atoms with Crippen molar-refractivity contribution in [3.05, 3.63) is 29.8 Å². The molecule has 0 saturated carbocycles. The van der Waals surface area contributed by atoms with Crippen LogP contribution in [-0.4, -0.2) is 19.6 Å². The summed E-state index contributed by atoms with van der Waals surface area (Å²) in [6, 6.07) is 8.34. The van der Waals surface area contributed by atoms with Gasteiger partial charge in [-0.2, -0.15) is 0 Å². The summed E-state index contributed by atoms with van der Waals surface area (Å²) in [4.78, 5) is 11.6. The molecule has 19 heavy (non-hydrogen) atoms. The molecular formula is C16H25NO2. The number of anilines is 1. The van der Waals surface area contributed by atoms with Crippen molar-refractivity contribution in [3.63, 3.8) is 0 Å². The molecule has 0 amide bonds. The highest BCUT2D eigenvalue weighted by Gasteiger charge is 2.28. The van der Waals surface area contributed by atoms with Gasteiger partial charge in [0, 0.05) is 12.2 Å². The average Bonchev–Trinajstić information content (AvgIpc) is 2.35. The molecule has 0 atom stereocenters. The molecule has 0 radical (unpaired) electrons. The van der Waals surface area contributed by atoms with E-state index in [9.17, 15) is 4.79 Å².